The lowest BCUT2D eigenvalue weighted by Crippen LogP contribution is -2.11. The molecule has 0 bridgehead atoms. The Labute approximate surface area is 89.6 Å². The maximum atomic E-state index is 8.77. The maximum absolute atomic E-state index is 8.77. The van der Waals surface area contributed by atoms with Gasteiger partial charge >= 0.3 is 0 Å². The van der Waals surface area contributed by atoms with Crippen LogP contribution >= 0.6 is 11.8 Å². The Hall–Kier alpha value is -0.420. The monoisotopic (exact) mass is 220 g/mol. The summed E-state index contributed by atoms with van der Waals surface area (Å²) < 4.78 is 0. The molecule has 0 aromatic heterocycles. The summed E-state index contributed by atoms with van der Waals surface area (Å²) in [6.07, 6.45) is 2.68. The van der Waals surface area contributed by atoms with Crippen LogP contribution in [0.2, 0.25) is 0 Å². The van der Waals surface area contributed by atoms with Crippen molar-refractivity contribution in [2.24, 2.45) is 16.8 Å². The quantitative estimate of drug-likeness (QED) is 0.189. The number of oxime groups is 1. The van der Waals surface area contributed by atoms with Crippen molar-refractivity contribution in [1.82, 2.24) is 0 Å². The Morgan fingerprint density at radius 1 is 1.50 bits per heavy atom. The first kappa shape index (κ1) is 13.6. The summed E-state index contributed by atoms with van der Waals surface area (Å²) in [5.41, 5.74) is 5.32. The molecule has 1 unspecified atom stereocenters. The minimum atomic E-state index is 0.261. The number of aliphatic hydroxyl groups excluding tert-OH is 1. The van der Waals surface area contributed by atoms with Gasteiger partial charge in [0.2, 0.25) is 0 Å². The van der Waals surface area contributed by atoms with E-state index in [4.69, 9.17) is 16.0 Å². The van der Waals surface area contributed by atoms with Crippen LogP contribution in [0.3, 0.4) is 0 Å². The van der Waals surface area contributed by atoms with Gasteiger partial charge in [-0.1, -0.05) is 12.1 Å². The van der Waals surface area contributed by atoms with E-state index in [-0.39, 0.29) is 6.61 Å². The molecule has 0 rings (SSSR count). The van der Waals surface area contributed by atoms with Gasteiger partial charge in [0.1, 0.15) is 5.84 Å². The average Bonchev–Trinajstić information content (AvgIpc) is 2.22. The topological polar surface area (TPSA) is 78.8 Å². The van der Waals surface area contributed by atoms with Gasteiger partial charge in [-0.25, -0.2) is 0 Å². The Balaban J connectivity index is 3.14. The third-order valence-corrected chi connectivity index (χ3v) is 3.20. The van der Waals surface area contributed by atoms with Crippen molar-refractivity contribution in [1.29, 1.82) is 0 Å². The van der Waals surface area contributed by atoms with Gasteiger partial charge in [-0.3, -0.25) is 0 Å². The van der Waals surface area contributed by atoms with Gasteiger partial charge in [0.15, 0.2) is 0 Å². The van der Waals surface area contributed by atoms with E-state index >= 15 is 0 Å². The van der Waals surface area contributed by atoms with Gasteiger partial charge in [-0.15, -0.1) is 0 Å². The summed E-state index contributed by atoms with van der Waals surface area (Å²) in [4.78, 5) is 0. The number of thioether (sulfide) groups is 1. The molecule has 0 spiro atoms. The van der Waals surface area contributed by atoms with Crippen molar-refractivity contribution in [2.45, 2.75) is 26.2 Å². The highest BCUT2D eigenvalue weighted by Crippen LogP contribution is 2.10. The summed E-state index contributed by atoms with van der Waals surface area (Å²) in [6.45, 7) is 2.29. The van der Waals surface area contributed by atoms with Crippen LogP contribution in [0.15, 0.2) is 5.16 Å². The summed E-state index contributed by atoms with van der Waals surface area (Å²) in [6, 6.07) is 0. The zero-order valence-electron chi connectivity index (χ0n) is 8.65. The lowest BCUT2D eigenvalue weighted by molar-refractivity contribution is 0.250. The standard InChI is InChI=1S/C9H20N2O2S/c1-8(6-12)7-14-5-3-2-4-9(10)11-13/h8,12-13H,2-7H2,1H3,(H2,10,11). The minimum Gasteiger partial charge on any atom is -0.409 e. The van der Waals surface area contributed by atoms with Crippen LogP contribution in [-0.2, 0) is 0 Å². The molecule has 0 amide bonds. The Bertz CT molecular complexity index is 165. The average molecular weight is 220 g/mol. The molecular weight excluding hydrogens is 200 g/mol. The molecule has 1 atom stereocenters. The Morgan fingerprint density at radius 3 is 2.79 bits per heavy atom. The first-order valence-electron chi connectivity index (χ1n) is 4.85. The molecule has 0 aliphatic heterocycles. The highest BCUT2D eigenvalue weighted by Gasteiger charge is 1.99. The molecule has 0 radical (unpaired) electrons. The van der Waals surface area contributed by atoms with E-state index < -0.39 is 0 Å². The summed E-state index contributed by atoms with van der Waals surface area (Å²) in [5, 5.41) is 19.9. The fraction of sp³-hybridized carbons (Fsp3) is 0.889. The molecule has 4 nitrogen and oxygen atoms in total. The SMILES string of the molecule is CC(CO)CSCCCCC(N)=NO. The number of hydrogen-bond acceptors (Lipinski definition) is 4. The number of nitrogens with two attached hydrogens (primary N) is 1. The second kappa shape index (κ2) is 9.15. The van der Waals surface area contributed by atoms with E-state index in [1.807, 2.05) is 18.7 Å². The lowest BCUT2D eigenvalue weighted by atomic mass is 10.2. The van der Waals surface area contributed by atoms with Crippen molar-refractivity contribution in [2.75, 3.05) is 18.1 Å². The smallest absolute Gasteiger partial charge is 0.139 e. The second-order valence-corrected chi connectivity index (χ2v) is 4.56. The third kappa shape index (κ3) is 8.19. The normalized spacial score (nSPS) is 14.3. The first-order valence-corrected chi connectivity index (χ1v) is 6.01. The third-order valence-electron chi connectivity index (χ3n) is 1.81. The lowest BCUT2D eigenvalue weighted by Gasteiger charge is -2.06. The molecule has 4 N–H and O–H groups in total. The number of amidine groups is 1. The van der Waals surface area contributed by atoms with Gasteiger partial charge in [-0.05, 0) is 30.3 Å². The van der Waals surface area contributed by atoms with E-state index in [9.17, 15) is 0 Å². The predicted molar refractivity (Wildman–Crippen MR) is 60.8 cm³/mol. The molecule has 0 aliphatic carbocycles. The van der Waals surface area contributed by atoms with E-state index in [1.165, 1.54) is 0 Å². The molecule has 0 aromatic rings. The van der Waals surface area contributed by atoms with Crippen LogP contribution in [0.25, 0.3) is 0 Å². The molecular formula is C9H20N2O2S. The summed E-state index contributed by atoms with van der Waals surface area (Å²) in [7, 11) is 0. The number of unbranched alkanes of at least 4 members (excludes halogenated alkanes) is 1. The van der Waals surface area contributed by atoms with Crippen LogP contribution in [0.4, 0.5) is 0 Å². The number of rotatable bonds is 8. The van der Waals surface area contributed by atoms with Crippen molar-refractivity contribution in [3.05, 3.63) is 0 Å². The zero-order chi connectivity index (χ0) is 10.8. The molecule has 0 heterocycles. The van der Waals surface area contributed by atoms with Gasteiger partial charge in [0.25, 0.3) is 0 Å². The Kier molecular flexibility index (Phi) is 8.87. The molecule has 0 fully saturated rings. The van der Waals surface area contributed by atoms with Crippen LogP contribution < -0.4 is 5.73 Å². The largest absolute Gasteiger partial charge is 0.409 e. The molecule has 5 heteroatoms. The van der Waals surface area contributed by atoms with Gasteiger partial charge in [-0.2, -0.15) is 11.8 Å². The highest BCUT2D eigenvalue weighted by atomic mass is 32.2. The van der Waals surface area contributed by atoms with Crippen molar-refractivity contribution in [3.63, 3.8) is 0 Å². The fourth-order valence-electron chi connectivity index (χ4n) is 0.897. The van der Waals surface area contributed by atoms with Crippen LogP contribution in [0.5, 0.6) is 0 Å². The summed E-state index contributed by atoms with van der Waals surface area (Å²) >= 11 is 1.84. The molecule has 84 valence electrons. The van der Waals surface area contributed by atoms with E-state index in [2.05, 4.69) is 5.16 Å². The van der Waals surface area contributed by atoms with Crippen LogP contribution in [0.1, 0.15) is 26.2 Å². The summed E-state index contributed by atoms with van der Waals surface area (Å²) in [5.74, 6) is 2.76. The number of hydrogen-bond donors (Lipinski definition) is 3. The van der Waals surface area contributed by atoms with Crippen molar-refractivity contribution in [3.8, 4) is 0 Å². The number of aliphatic hydroxyl groups is 1. The number of nitrogens with zero attached hydrogens (tertiary/aromatic N) is 1. The van der Waals surface area contributed by atoms with E-state index in [0.717, 1.165) is 24.3 Å². The minimum absolute atomic E-state index is 0.261. The fourth-order valence-corrected chi connectivity index (χ4v) is 1.98. The van der Waals surface area contributed by atoms with Crippen molar-refractivity contribution < 1.29 is 10.3 Å². The predicted octanol–water partition coefficient (Wildman–Crippen LogP) is 1.26. The highest BCUT2D eigenvalue weighted by molar-refractivity contribution is 7.99. The van der Waals surface area contributed by atoms with E-state index in [0.29, 0.717) is 18.2 Å². The first-order chi connectivity index (χ1) is 6.70. The zero-order valence-corrected chi connectivity index (χ0v) is 9.46. The molecule has 14 heavy (non-hydrogen) atoms. The molecule has 0 saturated heterocycles. The maximum Gasteiger partial charge on any atom is 0.139 e. The van der Waals surface area contributed by atoms with Gasteiger partial charge < -0.3 is 16.0 Å². The van der Waals surface area contributed by atoms with E-state index in [1.54, 1.807) is 0 Å². The van der Waals surface area contributed by atoms with Crippen molar-refractivity contribution >= 4 is 17.6 Å². The molecule has 0 aliphatic rings. The molecule has 0 saturated carbocycles. The van der Waals surface area contributed by atoms with Gasteiger partial charge in [0.05, 0.1) is 0 Å². The molecule has 0 aromatic carbocycles. The second-order valence-electron chi connectivity index (χ2n) is 3.41. The van der Waals surface area contributed by atoms with Crippen LogP contribution in [0, 0.1) is 5.92 Å². The van der Waals surface area contributed by atoms with Crippen LogP contribution in [-0.4, -0.2) is 34.3 Å². The Morgan fingerprint density at radius 2 is 2.21 bits per heavy atom. The van der Waals surface area contributed by atoms with Gasteiger partial charge in [0, 0.05) is 13.0 Å².